The monoisotopic (exact) mass is 406 g/mol. The van der Waals surface area contributed by atoms with E-state index in [9.17, 15) is 34.5 Å². The van der Waals surface area contributed by atoms with Crippen LogP contribution in [0.1, 0.15) is 40.0 Å². The maximum absolute atomic E-state index is 11.7. The number of esters is 2. The molecular weight excluding hydrogens is 380 g/mol. The topological polar surface area (TPSA) is 177 Å². The minimum atomic E-state index is -2.81. The van der Waals surface area contributed by atoms with E-state index in [0.29, 0.717) is 0 Å². The number of carbonyl (C=O) groups is 4. The molecule has 0 aromatic carbocycles. The second-order valence-electron chi connectivity index (χ2n) is 6.64. The first-order valence-electron chi connectivity index (χ1n) is 8.73. The fourth-order valence-electron chi connectivity index (χ4n) is 3.18. The van der Waals surface area contributed by atoms with E-state index in [-0.39, 0.29) is 6.42 Å². The summed E-state index contributed by atoms with van der Waals surface area (Å²) >= 11 is 0. The molecule has 1 fully saturated rings. The second-order valence-corrected chi connectivity index (χ2v) is 6.64. The fraction of sp³-hybridized carbons (Fsp3) is 0.765. The van der Waals surface area contributed by atoms with E-state index < -0.39 is 79.3 Å². The van der Waals surface area contributed by atoms with Crippen LogP contribution in [-0.4, -0.2) is 80.9 Å². The molecule has 1 heterocycles. The molecule has 160 valence electrons. The normalized spacial score (nSPS) is 29.4. The van der Waals surface area contributed by atoms with Gasteiger partial charge in [-0.15, -0.1) is 0 Å². The van der Waals surface area contributed by atoms with E-state index in [0.717, 1.165) is 13.8 Å². The molecule has 0 bridgehead atoms. The zero-order chi connectivity index (χ0) is 21.6. The first-order chi connectivity index (χ1) is 12.9. The van der Waals surface area contributed by atoms with Crippen molar-refractivity contribution in [3.8, 4) is 0 Å². The number of ketones is 1. The maximum atomic E-state index is 11.7. The standard InChI is InChI=1S/C17H26O11/c1-4-13(26-8(2)19)15(27-9(3)20)14-11(5-10(21)7-18)12(22)6-17(25,28-14)16(23)24/h11-15,18,22,25H,4-7H2,1-3H3,(H,23,24). The van der Waals surface area contributed by atoms with E-state index in [1.54, 1.807) is 6.92 Å². The Bertz CT molecular complexity index is 604. The quantitative estimate of drug-likeness (QED) is 0.336. The Morgan fingerprint density at radius 3 is 2.18 bits per heavy atom. The van der Waals surface area contributed by atoms with Crippen LogP contribution < -0.4 is 0 Å². The summed E-state index contributed by atoms with van der Waals surface area (Å²) in [5, 5.41) is 38.9. The lowest BCUT2D eigenvalue weighted by atomic mass is 9.80. The van der Waals surface area contributed by atoms with Crippen molar-refractivity contribution in [2.45, 2.75) is 70.2 Å². The molecule has 0 saturated carbocycles. The van der Waals surface area contributed by atoms with Gasteiger partial charge in [0, 0.05) is 32.6 Å². The summed E-state index contributed by atoms with van der Waals surface area (Å²) in [5.41, 5.74) is 0. The number of hydrogen-bond donors (Lipinski definition) is 4. The second kappa shape index (κ2) is 9.92. The van der Waals surface area contributed by atoms with Crippen LogP contribution in [0.25, 0.3) is 0 Å². The van der Waals surface area contributed by atoms with Crippen LogP contribution in [0.5, 0.6) is 0 Å². The fourth-order valence-corrected chi connectivity index (χ4v) is 3.18. The van der Waals surface area contributed by atoms with Crippen LogP contribution in [0, 0.1) is 5.92 Å². The lowest BCUT2D eigenvalue weighted by molar-refractivity contribution is -0.305. The summed E-state index contributed by atoms with van der Waals surface area (Å²) in [7, 11) is 0. The number of aliphatic carboxylic acids is 1. The molecular formula is C17H26O11. The summed E-state index contributed by atoms with van der Waals surface area (Å²) < 4.78 is 15.6. The SMILES string of the molecule is CCC(OC(C)=O)C(OC(C)=O)C1OC(O)(C(=O)O)CC(O)C1CC(=O)CO. The molecule has 0 amide bonds. The zero-order valence-corrected chi connectivity index (χ0v) is 15.9. The summed E-state index contributed by atoms with van der Waals surface area (Å²) in [6.45, 7) is 2.94. The number of carboxylic acid groups (broad SMARTS) is 1. The van der Waals surface area contributed by atoms with Gasteiger partial charge in [0.15, 0.2) is 11.9 Å². The summed E-state index contributed by atoms with van der Waals surface area (Å²) in [6.07, 6.45) is -6.62. The molecule has 1 rings (SSSR count). The minimum Gasteiger partial charge on any atom is -0.477 e. The third-order valence-electron chi connectivity index (χ3n) is 4.42. The highest BCUT2D eigenvalue weighted by Crippen LogP contribution is 2.37. The van der Waals surface area contributed by atoms with Gasteiger partial charge < -0.3 is 34.6 Å². The molecule has 0 aliphatic carbocycles. The van der Waals surface area contributed by atoms with E-state index in [1.165, 1.54) is 0 Å². The van der Waals surface area contributed by atoms with Crippen LogP contribution in [0.4, 0.5) is 0 Å². The number of hydrogen-bond acceptors (Lipinski definition) is 10. The average Bonchev–Trinajstić information content (AvgIpc) is 2.59. The van der Waals surface area contributed by atoms with Gasteiger partial charge in [0.25, 0.3) is 5.79 Å². The number of ether oxygens (including phenoxy) is 3. The van der Waals surface area contributed by atoms with Crippen molar-refractivity contribution in [1.29, 1.82) is 0 Å². The Balaban J connectivity index is 3.38. The van der Waals surface area contributed by atoms with Crippen LogP contribution in [0.3, 0.4) is 0 Å². The number of aliphatic hydroxyl groups excluding tert-OH is 2. The number of Topliss-reactive ketones (excluding diaryl/α,β-unsaturated/α-hetero) is 1. The molecule has 6 unspecified atom stereocenters. The minimum absolute atomic E-state index is 0.125. The summed E-state index contributed by atoms with van der Waals surface area (Å²) in [6, 6.07) is 0. The van der Waals surface area contributed by atoms with Gasteiger partial charge in [-0.05, 0) is 6.42 Å². The predicted octanol–water partition coefficient (Wildman–Crippen LogP) is -1.25. The highest BCUT2D eigenvalue weighted by Gasteiger charge is 2.55. The van der Waals surface area contributed by atoms with Gasteiger partial charge in [0.2, 0.25) is 0 Å². The van der Waals surface area contributed by atoms with Gasteiger partial charge in [-0.3, -0.25) is 14.4 Å². The molecule has 0 radical (unpaired) electrons. The van der Waals surface area contributed by atoms with Gasteiger partial charge in [0.05, 0.1) is 6.10 Å². The van der Waals surface area contributed by atoms with Crippen molar-refractivity contribution in [2.75, 3.05) is 6.61 Å². The van der Waals surface area contributed by atoms with E-state index in [1.807, 2.05) is 0 Å². The third kappa shape index (κ3) is 5.96. The van der Waals surface area contributed by atoms with Crippen LogP contribution >= 0.6 is 0 Å². The molecule has 11 heteroatoms. The first-order valence-corrected chi connectivity index (χ1v) is 8.73. The average molecular weight is 406 g/mol. The summed E-state index contributed by atoms with van der Waals surface area (Å²) in [4.78, 5) is 46.2. The first kappa shape index (κ1) is 24.0. The van der Waals surface area contributed by atoms with Crippen molar-refractivity contribution in [3.05, 3.63) is 0 Å². The molecule has 11 nitrogen and oxygen atoms in total. The smallest absolute Gasteiger partial charge is 0.364 e. The van der Waals surface area contributed by atoms with Gasteiger partial charge in [0.1, 0.15) is 18.8 Å². The van der Waals surface area contributed by atoms with Crippen molar-refractivity contribution in [2.24, 2.45) is 5.92 Å². The van der Waals surface area contributed by atoms with Gasteiger partial charge >= 0.3 is 17.9 Å². The molecule has 0 aromatic rings. The largest absolute Gasteiger partial charge is 0.477 e. The van der Waals surface area contributed by atoms with Gasteiger partial charge in [-0.1, -0.05) is 6.92 Å². The number of carboxylic acids is 1. The van der Waals surface area contributed by atoms with Crippen molar-refractivity contribution in [3.63, 3.8) is 0 Å². The van der Waals surface area contributed by atoms with Crippen LogP contribution in [0.15, 0.2) is 0 Å². The Kier molecular flexibility index (Phi) is 8.48. The molecule has 1 aliphatic rings. The van der Waals surface area contributed by atoms with Crippen molar-refractivity contribution in [1.82, 2.24) is 0 Å². The highest BCUT2D eigenvalue weighted by molar-refractivity contribution is 5.80. The molecule has 0 spiro atoms. The van der Waals surface area contributed by atoms with Gasteiger partial charge in [-0.2, -0.15) is 0 Å². The lowest BCUT2D eigenvalue weighted by Gasteiger charge is -2.45. The lowest BCUT2D eigenvalue weighted by Crippen LogP contribution is -2.61. The van der Waals surface area contributed by atoms with Crippen molar-refractivity contribution < 1.29 is 53.8 Å². The molecule has 1 aliphatic heterocycles. The summed E-state index contributed by atoms with van der Waals surface area (Å²) in [5.74, 6) is -7.93. The maximum Gasteiger partial charge on any atom is 0.364 e. The molecule has 0 aromatic heterocycles. The molecule has 1 saturated heterocycles. The molecule has 4 N–H and O–H groups in total. The van der Waals surface area contributed by atoms with E-state index in [2.05, 4.69) is 0 Å². The van der Waals surface area contributed by atoms with Crippen LogP contribution in [-0.2, 0) is 33.4 Å². The van der Waals surface area contributed by atoms with Gasteiger partial charge in [-0.25, -0.2) is 4.79 Å². The third-order valence-corrected chi connectivity index (χ3v) is 4.42. The number of rotatable bonds is 9. The predicted molar refractivity (Wildman–Crippen MR) is 89.7 cm³/mol. The molecule has 6 atom stereocenters. The Morgan fingerprint density at radius 2 is 1.75 bits per heavy atom. The zero-order valence-electron chi connectivity index (χ0n) is 15.9. The highest BCUT2D eigenvalue weighted by atomic mass is 16.7. The Labute approximate surface area is 161 Å². The Morgan fingerprint density at radius 1 is 1.18 bits per heavy atom. The molecule has 28 heavy (non-hydrogen) atoms. The number of aliphatic hydroxyl groups is 3. The van der Waals surface area contributed by atoms with E-state index >= 15 is 0 Å². The van der Waals surface area contributed by atoms with Crippen molar-refractivity contribution >= 4 is 23.7 Å². The number of carbonyl (C=O) groups excluding carboxylic acids is 3. The Hall–Kier alpha value is -2.08. The van der Waals surface area contributed by atoms with E-state index in [4.69, 9.17) is 19.3 Å². The van der Waals surface area contributed by atoms with Crippen LogP contribution in [0.2, 0.25) is 0 Å².